The fourth-order valence-electron chi connectivity index (χ4n) is 2.11. The third-order valence-corrected chi connectivity index (χ3v) is 3.05. The largest absolute Gasteiger partial charge is 0.469 e. The van der Waals surface area contributed by atoms with Crippen molar-refractivity contribution in [2.75, 3.05) is 20.2 Å². The average Bonchev–Trinajstić information content (AvgIpc) is 2.46. The number of ether oxygens (including phenoxy) is 1. The van der Waals surface area contributed by atoms with Crippen molar-refractivity contribution in [1.82, 2.24) is 14.9 Å². The van der Waals surface area contributed by atoms with Crippen LogP contribution in [0.1, 0.15) is 23.2 Å². The summed E-state index contributed by atoms with van der Waals surface area (Å²) in [7, 11) is 1.37. The van der Waals surface area contributed by atoms with Crippen LogP contribution in [0.25, 0.3) is 0 Å². The van der Waals surface area contributed by atoms with E-state index in [9.17, 15) is 9.59 Å². The van der Waals surface area contributed by atoms with E-state index < -0.39 is 0 Å². The van der Waals surface area contributed by atoms with Crippen LogP contribution in [0.2, 0.25) is 0 Å². The predicted molar refractivity (Wildman–Crippen MR) is 62.7 cm³/mol. The van der Waals surface area contributed by atoms with Crippen molar-refractivity contribution in [1.29, 1.82) is 0 Å². The van der Waals surface area contributed by atoms with Crippen LogP contribution in [-0.2, 0) is 9.53 Å². The maximum Gasteiger partial charge on any atom is 0.310 e. The van der Waals surface area contributed by atoms with Gasteiger partial charge in [0.25, 0.3) is 5.91 Å². The second-order valence-electron chi connectivity index (χ2n) is 4.24. The molecule has 1 fully saturated rings. The maximum atomic E-state index is 12.2. The highest BCUT2D eigenvalue weighted by molar-refractivity contribution is 5.94. The van der Waals surface area contributed by atoms with Crippen LogP contribution in [0.5, 0.6) is 0 Å². The first-order chi connectivity index (χ1) is 8.72. The van der Waals surface area contributed by atoms with Crippen LogP contribution in [0.4, 0.5) is 0 Å². The number of rotatable bonds is 2. The van der Waals surface area contributed by atoms with Crippen LogP contribution in [0.3, 0.4) is 0 Å². The second kappa shape index (κ2) is 5.57. The predicted octanol–water partition coefficient (Wildman–Crippen LogP) is 0.502. The molecular formula is C12H15N3O3. The molecule has 6 nitrogen and oxygen atoms in total. The van der Waals surface area contributed by atoms with Crippen molar-refractivity contribution in [3.05, 3.63) is 24.3 Å². The number of nitrogens with zero attached hydrogens (tertiary/aromatic N) is 3. The maximum absolute atomic E-state index is 12.2. The zero-order chi connectivity index (χ0) is 13.0. The number of likely N-dealkylation sites (tertiary alicyclic amines) is 1. The van der Waals surface area contributed by atoms with Gasteiger partial charge in [-0.25, -0.2) is 9.97 Å². The van der Waals surface area contributed by atoms with Crippen LogP contribution in [0.15, 0.2) is 18.7 Å². The molecule has 96 valence electrons. The summed E-state index contributed by atoms with van der Waals surface area (Å²) in [6.07, 6.45) is 5.92. The van der Waals surface area contributed by atoms with Gasteiger partial charge in [-0.3, -0.25) is 9.59 Å². The van der Waals surface area contributed by atoms with Crippen LogP contribution >= 0.6 is 0 Å². The van der Waals surface area contributed by atoms with Gasteiger partial charge in [0.2, 0.25) is 0 Å². The summed E-state index contributed by atoms with van der Waals surface area (Å²) < 4.78 is 4.72. The average molecular weight is 249 g/mol. The Balaban J connectivity index is 2.05. The Labute approximate surface area is 105 Å². The van der Waals surface area contributed by atoms with Crippen LogP contribution < -0.4 is 0 Å². The van der Waals surface area contributed by atoms with Gasteiger partial charge in [0, 0.05) is 25.5 Å². The van der Waals surface area contributed by atoms with Crippen molar-refractivity contribution in [3.63, 3.8) is 0 Å². The molecule has 2 rings (SSSR count). The number of carbonyl (C=O) groups is 2. The standard InChI is InChI=1S/C12H15N3O3/c1-18-12(17)9-3-2-4-15(7-9)11(16)10-5-13-8-14-6-10/h5-6,8-9H,2-4,7H2,1H3/t9-/m0/s1. The van der Waals surface area contributed by atoms with E-state index in [1.165, 1.54) is 25.8 Å². The van der Waals surface area contributed by atoms with E-state index in [2.05, 4.69) is 9.97 Å². The van der Waals surface area contributed by atoms with Gasteiger partial charge in [0.1, 0.15) is 6.33 Å². The molecule has 0 saturated carbocycles. The van der Waals surface area contributed by atoms with Crippen molar-refractivity contribution < 1.29 is 14.3 Å². The van der Waals surface area contributed by atoms with Crippen LogP contribution in [0, 0.1) is 5.92 Å². The van der Waals surface area contributed by atoms with Gasteiger partial charge in [-0.05, 0) is 12.8 Å². The van der Waals surface area contributed by atoms with E-state index >= 15 is 0 Å². The zero-order valence-corrected chi connectivity index (χ0v) is 10.2. The van der Waals surface area contributed by atoms with E-state index in [1.807, 2.05) is 0 Å². The lowest BCUT2D eigenvalue weighted by molar-refractivity contribution is -0.146. The van der Waals surface area contributed by atoms with Gasteiger partial charge in [-0.15, -0.1) is 0 Å². The molecule has 1 aliphatic rings. The molecule has 1 aromatic heterocycles. The van der Waals surface area contributed by atoms with Crippen molar-refractivity contribution in [2.24, 2.45) is 5.92 Å². The molecule has 0 bridgehead atoms. The smallest absolute Gasteiger partial charge is 0.310 e. The molecule has 18 heavy (non-hydrogen) atoms. The van der Waals surface area contributed by atoms with E-state index in [4.69, 9.17) is 4.74 Å². The van der Waals surface area contributed by atoms with Crippen LogP contribution in [-0.4, -0.2) is 46.9 Å². The number of hydrogen-bond acceptors (Lipinski definition) is 5. The summed E-state index contributed by atoms with van der Waals surface area (Å²) >= 11 is 0. The van der Waals surface area contributed by atoms with Gasteiger partial charge in [0.15, 0.2) is 0 Å². The molecular weight excluding hydrogens is 234 g/mol. The number of esters is 1. The lowest BCUT2D eigenvalue weighted by atomic mass is 9.98. The minimum Gasteiger partial charge on any atom is -0.469 e. The van der Waals surface area contributed by atoms with Gasteiger partial charge in [-0.1, -0.05) is 0 Å². The van der Waals surface area contributed by atoms with Gasteiger partial charge in [0.05, 0.1) is 18.6 Å². The summed E-state index contributed by atoms with van der Waals surface area (Å²) in [6, 6.07) is 0. The molecule has 1 aliphatic heterocycles. The zero-order valence-electron chi connectivity index (χ0n) is 10.2. The Morgan fingerprint density at radius 1 is 1.39 bits per heavy atom. The summed E-state index contributed by atoms with van der Waals surface area (Å²) in [4.78, 5) is 32.9. The van der Waals surface area contributed by atoms with E-state index in [1.54, 1.807) is 4.90 Å². The Morgan fingerprint density at radius 3 is 2.78 bits per heavy atom. The van der Waals surface area contributed by atoms with E-state index in [-0.39, 0.29) is 17.8 Å². The number of aromatic nitrogens is 2. The highest BCUT2D eigenvalue weighted by Crippen LogP contribution is 2.19. The molecule has 1 atom stereocenters. The number of amides is 1. The number of methoxy groups -OCH3 is 1. The lowest BCUT2D eigenvalue weighted by Gasteiger charge is -2.31. The molecule has 2 heterocycles. The normalized spacial score (nSPS) is 19.4. The van der Waals surface area contributed by atoms with Gasteiger partial charge >= 0.3 is 5.97 Å². The van der Waals surface area contributed by atoms with E-state index in [0.717, 1.165) is 12.8 Å². The van der Waals surface area contributed by atoms with E-state index in [0.29, 0.717) is 18.7 Å². The SMILES string of the molecule is COC(=O)[C@H]1CCCN(C(=O)c2cncnc2)C1. The third-order valence-electron chi connectivity index (χ3n) is 3.05. The number of piperidine rings is 1. The summed E-state index contributed by atoms with van der Waals surface area (Å²) in [6.45, 7) is 1.06. The molecule has 0 spiro atoms. The molecule has 0 aromatic carbocycles. The minimum absolute atomic E-state index is 0.135. The fourth-order valence-corrected chi connectivity index (χ4v) is 2.11. The summed E-state index contributed by atoms with van der Waals surface area (Å²) in [5.74, 6) is -0.613. The summed E-state index contributed by atoms with van der Waals surface area (Å²) in [5.41, 5.74) is 0.447. The summed E-state index contributed by atoms with van der Waals surface area (Å²) in [5, 5.41) is 0. The molecule has 0 radical (unpaired) electrons. The Bertz CT molecular complexity index is 435. The highest BCUT2D eigenvalue weighted by atomic mass is 16.5. The molecule has 0 N–H and O–H groups in total. The lowest BCUT2D eigenvalue weighted by Crippen LogP contribution is -2.42. The Hall–Kier alpha value is -1.98. The van der Waals surface area contributed by atoms with Gasteiger partial charge < -0.3 is 9.64 Å². The molecule has 0 unspecified atom stereocenters. The molecule has 1 amide bonds. The first-order valence-electron chi connectivity index (χ1n) is 5.84. The molecule has 6 heteroatoms. The Kier molecular flexibility index (Phi) is 3.86. The second-order valence-corrected chi connectivity index (χ2v) is 4.24. The van der Waals surface area contributed by atoms with Crippen molar-refractivity contribution >= 4 is 11.9 Å². The number of hydrogen-bond donors (Lipinski definition) is 0. The van der Waals surface area contributed by atoms with Crippen molar-refractivity contribution in [3.8, 4) is 0 Å². The first kappa shape index (κ1) is 12.5. The third kappa shape index (κ3) is 2.64. The van der Waals surface area contributed by atoms with Crippen molar-refractivity contribution in [2.45, 2.75) is 12.8 Å². The molecule has 1 saturated heterocycles. The molecule has 1 aromatic rings. The Morgan fingerprint density at radius 2 is 2.11 bits per heavy atom. The monoisotopic (exact) mass is 249 g/mol. The minimum atomic E-state index is -0.253. The topological polar surface area (TPSA) is 72.4 Å². The fraction of sp³-hybridized carbons (Fsp3) is 0.500. The number of carbonyl (C=O) groups excluding carboxylic acids is 2. The first-order valence-corrected chi connectivity index (χ1v) is 5.84. The molecule has 0 aliphatic carbocycles. The van der Waals surface area contributed by atoms with Gasteiger partial charge in [-0.2, -0.15) is 0 Å². The quantitative estimate of drug-likeness (QED) is 0.714. The highest BCUT2D eigenvalue weighted by Gasteiger charge is 2.29.